The number of hydrogen-bond donors (Lipinski definition) is 2. The van der Waals surface area contributed by atoms with Gasteiger partial charge in [-0.05, 0) is 65.5 Å². The number of aliphatic imine (C=N–C) groups is 1. The normalized spacial score (nSPS) is 20.9. The van der Waals surface area contributed by atoms with Gasteiger partial charge in [0, 0.05) is 38.6 Å². The Labute approximate surface area is 159 Å². The number of carbonyl (C=O) groups excluding carboxylic acids is 1. The Morgan fingerprint density at radius 3 is 2.35 bits per heavy atom. The Balaban J connectivity index is 1.91. The highest BCUT2D eigenvalue weighted by Crippen LogP contribution is 2.22. The van der Waals surface area contributed by atoms with Crippen molar-refractivity contribution in [2.45, 2.75) is 64.8 Å². The monoisotopic (exact) mass is 365 g/mol. The molecule has 2 aliphatic rings. The van der Waals surface area contributed by atoms with Crippen molar-refractivity contribution < 1.29 is 4.79 Å². The van der Waals surface area contributed by atoms with Crippen molar-refractivity contribution in [3.63, 3.8) is 0 Å². The number of rotatable bonds is 6. The third kappa shape index (κ3) is 6.15. The minimum absolute atomic E-state index is 0.110. The van der Waals surface area contributed by atoms with Crippen LogP contribution < -0.4 is 10.6 Å². The average Bonchev–Trinajstić information content (AvgIpc) is 2.66. The van der Waals surface area contributed by atoms with Crippen molar-refractivity contribution in [1.29, 1.82) is 0 Å². The Morgan fingerprint density at radius 1 is 1.12 bits per heavy atom. The van der Waals surface area contributed by atoms with E-state index >= 15 is 0 Å². The second-order valence-electron chi connectivity index (χ2n) is 8.34. The molecule has 0 saturated carbocycles. The third-order valence-electron chi connectivity index (χ3n) is 5.83. The predicted molar refractivity (Wildman–Crippen MR) is 108 cm³/mol. The van der Waals surface area contributed by atoms with E-state index in [9.17, 15) is 4.79 Å². The molecule has 2 N–H and O–H groups in total. The summed E-state index contributed by atoms with van der Waals surface area (Å²) in [5.74, 6) is 1.70. The zero-order valence-corrected chi connectivity index (χ0v) is 17.3. The van der Waals surface area contributed by atoms with Crippen molar-refractivity contribution in [3.05, 3.63) is 0 Å². The van der Waals surface area contributed by atoms with Crippen LogP contribution in [0.1, 0.15) is 59.3 Å². The molecule has 2 aliphatic heterocycles. The minimum Gasteiger partial charge on any atom is -0.359 e. The Hall–Kier alpha value is -1.30. The molecule has 0 bridgehead atoms. The van der Waals surface area contributed by atoms with Crippen molar-refractivity contribution in [2.24, 2.45) is 10.9 Å². The number of likely N-dealkylation sites (tertiary alicyclic amines) is 2. The van der Waals surface area contributed by atoms with E-state index in [-0.39, 0.29) is 11.4 Å². The quantitative estimate of drug-likeness (QED) is 0.559. The van der Waals surface area contributed by atoms with Crippen LogP contribution in [0.3, 0.4) is 0 Å². The molecule has 2 heterocycles. The van der Waals surface area contributed by atoms with Gasteiger partial charge in [0.2, 0.25) is 5.91 Å². The topological polar surface area (TPSA) is 60.0 Å². The van der Waals surface area contributed by atoms with E-state index in [0.717, 1.165) is 45.0 Å². The number of amides is 1. The summed E-state index contributed by atoms with van der Waals surface area (Å²) in [6, 6.07) is 0. The van der Waals surface area contributed by atoms with Crippen LogP contribution in [-0.2, 0) is 4.79 Å². The molecule has 0 aliphatic carbocycles. The summed E-state index contributed by atoms with van der Waals surface area (Å²) in [6.07, 6.45) is 6.77. The lowest BCUT2D eigenvalue weighted by Crippen LogP contribution is -2.50. The number of nitrogens with zero attached hydrogens (tertiary/aromatic N) is 3. The molecule has 0 aromatic rings. The van der Waals surface area contributed by atoms with Crippen LogP contribution in [0.4, 0.5) is 0 Å². The van der Waals surface area contributed by atoms with Crippen LogP contribution in [0.15, 0.2) is 4.99 Å². The number of guanidine groups is 1. The van der Waals surface area contributed by atoms with Crippen molar-refractivity contribution in [1.82, 2.24) is 20.4 Å². The van der Waals surface area contributed by atoms with Gasteiger partial charge in [-0.2, -0.15) is 0 Å². The van der Waals surface area contributed by atoms with Gasteiger partial charge in [0.15, 0.2) is 5.96 Å². The first kappa shape index (κ1) is 21.0. The molecule has 2 rings (SSSR count). The number of nitrogens with one attached hydrogen (secondary N) is 2. The zero-order chi connectivity index (χ0) is 19.0. The third-order valence-corrected chi connectivity index (χ3v) is 5.83. The first-order valence-corrected chi connectivity index (χ1v) is 10.4. The standard InChI is InChI=1S/C20H39N5O/c1-5-22-19(23-16-20(2,3)25-11-7-6-8-12-25)24-13-9-17(10-14-24)15-18(26)21-4/h17H,5-16H2,1-4H3,(H,21,26)(H,22,23). The molecule has 2 fully saturated rings. The largest absolute Gasteiger partial charge is 0.359 e. The molecule has 2 saturated heterocycles. The average molecular weight is 366 g/mol. The zero-order valence-electron chi connectivity index (χ0n) is 17.3. The van der Waals surface area contributed by atoms with E-state index < -0.39 is 0 Å². The molecule has 6 nitrogen and oxygen atoms in total. The Kier molecular flexibility index (Phi) is 8.19. The predicted octanol–water partition coefficient (Wildman–Crippen LogP) is 2.06. The molecule has 0 aromatic heterocycles. The van der Waals surface area contributed by atoms with Crippen LogP contribution in [0.5, 0.6) is 0 Å². The summed E-state index contributed by atoms with van der Waals surface area (Å²) >= 11 is 0. The van der Waals surface area contributed by atoms with E-state index in [1.807, 2.05) is 0 Å². The lowest BCUT2D eigenvalue weighted by Gasteiger charge is -2.40. The van der Waals surface area contributed by atoms with E-state index in [2.05, 4.69) is 41.2 Å². The lowest BCUT2D eigenvalue weighted by atomic mass is 9.93. The molecule has 26 heavy (non-hydrogen) atoms. The first-order valence-electron chi connectivity index (χ1n) is 10.4. The maximum absolute atomic E-state index is 11.6. The number of carbonyl (C=O) groups is 1. The number of hydrogen-bond acceptors (Lipinski definition) is 3. The summed E-state index contributed by atoms with van der Waals surface area (Å²) in [5.41, 5.74) is 0.110. The molecule has 0 aromatic carbocycles. The van der Waals surface area contributed by atoms with Gasteiger partial charge in [-0.3, -0.25) is 14.7 Å². The van der Waals surface area contributed by atoms with E-state index in [1.165, 1.54) is 32.4 Å². The summed E-state index contributed by atoms with van der Waals surface area (Å²) in [7, 11) is 1.72. The van der Waals surface area contributed by atoms with Gasteiger partial charge in [0.1, 0.15) is 0 Å². The molecule has 0 spiro atoms. The highest BCUT2D eigenvalue weighted by atomic mass is 16.1. The molecule has 6 heteroatoms. The van der Waals surface area contributed by atoms with Gasteiger partial charge in [0.25, 0.3) is 0 Å². The molecule has 0 radical (unpaired) electrons. The Bertz CT molecular complexity index is 463. The molecular weight excluding hydrogens is 326 g/mol. The lowest BCUT2D eigenvalue weighted by molar-refractivity contribution is -0.121. The fraction of sp³-hybridized carbons (Fsp3) is 0.900. The highest BCUT2D eigenvalue weighted by Gasteiger charge is 2.29. The molecule has 1 amide bonds. The van der Waals surface area contributed by atoms with Crippen LogP contribution in [0, 0.1) is 5.92 Å². The van der Waals surface area contributed by atoms with Crippen molar-refractivity contribution in [2.75, 3.05) is 46.3 Å². The summed E-state index contributed by atoms with van der Waals surface area (Å²) in [4.78, 5) is 21.6. The van der Waals surface area contributed by atoms with Gasteiger partial charge in [-0.1, -0.05) is 6.42 Å². The fourth-order valence-electron chi connectivity index (χ4n) is 4.01. The second kappa shape index (κ2) is 10.1. The first-order chi connectivity index (χ1) is 12.5. The van der Waals surface area contributed by atoms with Crippen LogP contribution in [-0.4, -0.2) is 73.5 Å². The molecule has 0 unspecified atom stereocenters. The van der Waals surface area contributed by atoms with Crippen molar-refractivity contribution >= 4 is 11.9 Å². The maximum Gasteiger partial charge on any atom is 0.220 e. The second-order valence-corrected chi connectivity index (χ2v) is 8.34. The van der Waals surface area contributed by atoms with Crippen molar-refractivity contribution in [3.8, 4) is 0 Å². The van der Waals surface area contributed by atoms with Gasteiger partial charge >= 0.3 is 0 Å². The van der Waals surface area contributed by atoms with E-state index in [4.69, 9.17) is 4.99 Å². The summed E-state index contributed by atoms with van der Waals surface area (Å²) in [6.45, 7) is 12.9. The molecule has 150 valence electrons. The SMILES string of the molecule is CCNC(=NCC(C)(C)N1CCCCC1)N1CCC(CC(=O)NC)CC1. The number of piperidine rings is 2. The molecule has 0 atom stereocenters. The summed E-state index contributed by atoms with van der Waals surface area (Å²) in [5, 5.41) is 6.21. The van der Waals surface area contributed by atoms with Gasteiger partial charge in [-0.15, -0.1) is 0 Å². The molecular formula is C20H39N5O. The van der Waals surface area contributed by atoms with Crippen LogP contribution in [0.25, 0.3) is 0 Å². The van der Waals surface area contributed by atoms with Gasteiger partial charge in [-0.25, -0.2) is 0 Å². The smallest absolute Gasteiger partial charge is 0.220 e. The maximum atomic E-state index is 11.6. The van der Waals surface area contributed by atoms with E-state index in [1.54, 1.807) is 7.05 Å². The van der Waals surface area contributed by atoms with Gasteiger partial charge < -0.3 is 15.5 Å². The summed E-state index contributed by atoms with van der Waals surface area (Å²) < 4.78 is 0. The van der Waals surface area contributed by atoms with Crippen LogP contribution >= 0.6 is 0 Å². The highest BCUT2D eigenvalue weighted by molar-refractivity contribution is 5.80. The fourth-order valence-corrected chi connectivity index (χ4v) is 4.01. The Morgan fingerprint density at radius 2 is 1.77 bits per heavy atom. The van der Waals surface area contributed by atoms with Crippen LogP contribution in [0.2, 0.25) is 0 Å². The van der Waals surface area contributed by atoms with E-state index in [0.29, 0.717) is 12.3 Å². The van der Waals surface area contributed by atoms with Gasteiger partial charge in [0.05, 0.1) is 6.54 Å². The minimum atomic E-state index is 0.110.